The van der Waals surface area contributed by atoms with Crippen molar-refractivity contribution in [3.8, 4) is 0 Å². The highest BCUT2D eigenvalue weighted by molar-refractivity contribution is 5.91. The molecule has 1 rings (SSSR count). The average Bonchev–Trinajstić information content (AvgIpc) is 2.52. The number of nitrogens with one attached hydrogen (secondary N) is 2. The largest absolute Gasteiger partial charge is 0.368 e. The first-order chi connectivity index (χ1) is 11.3. The summed E-state index contributed by atoms with van der Waals surface area (Å²) >= 11 is 0. The molecule has 0 aliphatic rings. The number of nitrogens with two attached hydrogens (primary N) is 2. The molecule has 0 aromatic heterocycles. The SMILES string of the molecule is CC(C)C[C@H](NC(=O)[C@@H](N)Cc1ccccc1)C(=O)NCC(N)=O. The van der Waals surface area contributed by atoms with Gasteiger partial charge in [-0.05, 0) is 24.3 Å². The van der Waals surface area contributed by atoms with Crippen LogP contribution in [0.15, 0.2) is 30.3 Å². The van der Waals surface area contributed by atoms with Gasteiger partial charge in [0, 0.05) is 0 Å². The maximum Gasteiger partial charge on any atom is 0.243 e. The lowest BCUT2D eigenvalue weighted by Crippen LogP contribution is -2.53. The number of carbonyl (C=O) groups is 3. The second-order valence-corrected chi connectivity index (χ2v) is 6.17. The van der Waals surface area contributed by atoms with E-state index < -0.39 is 29.8 Å². The van der Waals surface area contributed by atoms with Crippen LogP contribution in [0.1, 0.15) is 25.8 Å². The van der Waals surface area contributed by atoms with Crippen molar-refractivity contribution in [2.45, 2.75) is 38.8 Å². The van der Waals surface area contributed by atoms with Crippen molar-refractivity contribution in [3.63, 3.8) is 0 Å². The van der Waals surface area contributed by atoms with Gasteiger partial charge in [0.1, 0.15) is 6.04 Å². The van der Waals surface area contributed by atoms with Crippen LogP contribution in [0.5, 0.6) is 0 Å². The number of benzene rings is 1. The van der Waals surface area contributed by atoms with Crippen molar-refractivity contribution in [1.29, 1.82) is 0 Å². The second-order valence-electron chi connectivity index (χ2n) is 6.17. The maximum atomic E-state index is 12.3. The van der Waals surface area contributed by atoms with Crippen molar-refractivity contribution in [2.75, 3.05) is 6.54 Å². The van der Waals surface area contributed by atoms with Gasteiger partial charge in [0.05, 0.1) is 12.6 Å². The van der Waals surface area contributed by atoms with Crippen LogP contribution in [-0.4, -0.2) is 36.3 Å². The molecule has 1 aromatic rings. The Kier molecular flexibility index (Phi) is 7.91. The van der Waals surface area contributed by atoms with E-state index in [1.807, 2.05) is 44.2 Å². The molecule has 0 aliphatic carbocycles. The molecule has 0 spiro atoms. The number of hydrogen-bond acceptors (Lipinski definition) is 4. The molecule has 7 nitrogen and oxygen atoms in total. The lowest BCUT2D eigenvalue weighted by molar-refractivity contribution is -0.130. The first-order valence-corrected chi connectivity index (χ1v) is 7.95. The Balaban J connectivity index is 2.65. The summed E-state index contributed by atoms with van der Waals surface area (Å²) in [6, 6.07) is 7.90. The van der Waals surface area contributed by atoms with Crippen LogP contribution < -0.4 is 22.1 Å². The van der Waals surface area contributed by atoms with E-state index in [9.17, 15) is 14.4 Å². The number of carbonyl (C=O) groups excluding carboxylic acids is 3. The third-order valence-electron chi connectivity index (χ3n) is 3.41. The van der Waals surface area contributed by atoms with Gasteiger partial charge >= 0.3 is 0 Å². The summed E-state index contributed by atoms with van der Waals surface area (Å²) in [5, 5.41) is 5.08. The average molecular weight is 334 g/mol. The van der Waals surface area contributed by atoms with Crippen molar-refractivity contribution in [3.05, 3.63) is 35.9 Å². The van der Waals surface area contributed by atoms with Gasteiger partial charge < -0.3 is 22.1 Å². The van der Waals surface area contributed by atoms with Gasteiger partial charge in [-0.15, -0.1) is 0 Å². The van der Waals surface area contributed by atoms with Crippen LogP contribution in [0, 0.1) is 5.92 Å². The molecule has 0 heterocycles. The van der Waals surface area contributed by atoms with E-state index in [0.29, 0.717) is 12.8 Å². The summed E-state index contributed by atoms with van der Waals surface area (Å²) in [7, 11) is 0. The zero-order valence-corrected chi connectivity index (χ0v) is 14.1. The summed E-state index contributed by atoms with van der Waals surface area (Å²) in [5.74, 6) is -1.31. The molecular formula is C17H26N4O3. The molecule has 0 saturated heterocycles. The summed E-state index contributed by atoms with van der Waals surface area (Å²) in [6.45, 7) is 3.61. The number of amides is 3. The topological polar surface area (TPSA) is 127 Å². The highest BCUT2D eigenvalue weighted by Crippen LogP contribution is 2.07. The van der Waals surface area contributed by atoms with Gasteiger partial charge in [-0.3, -0.25) is 14.4 Å². The fourth-order valence-electron chi connectivity index (χ4n) is 2.24. The van der Waals surface area contributed by atoms with Gasteiger partial charge in [0.2, 0.25) is 17.7 Å². The molecule has 0 radical (unpaired) electrons. The normalized spacial score (nSPS) is 13.2. The molecule has 2 atom stereocenters. The summed E-state index contributed by atoms with van der Waals surface area (Å²) in [5.41, 5.74) is 11.9. The zero-order valence-electron chi connectivity index (χ0n) is 14.1. The fourth-order valence-corrected chi connectivity index (χ4v) is 2.24. The number of hydrogen-bond donors (Lipinski definition) is 4. The molecule has 132 valence electrons. The summed E-state index contributed by atoms with van der Waals surface area (Å²) in [4.78, 5) is 35.2. The van der Waals surface area contributed by atoms with Crippen LogP contribution in [0.3, 0.4) is 0 Å². The summed E-state index contributed by atoms with van der Waals surface area (Å²) < 4.78 is 0. The highest BCUT2D eigenvalue weighted by Gasteiger charge is 2.24. The summed E-state index contributed by atoms with van der Waals surface area (Å²) in [6.07, 6.45) is 0.818. The minimum Gasteiger partial charge on any atom is -0.368 e. The van der Waals surface area contributed by atoms with E-state index in [0.717, 1.165) is 5.56 Å². The van der Waals surface area contributed by atoms with Crippen molar-refractivity contribution >= 4 is 17.7 Å². The standard InChI is InChI=1S/C17H26N4O3/c1-11(2)8-14(17(24)20-10-15(19)22)21-16(23)13(18)9-12-6-4-3-5-7-12/h3-7,11,13-14H,8-10,18H2,1-2H3,(H2,19,22)(H,20,24)(H,21,23)/t13-,14-/m0/s1. The molecule has 24 heavy (non-hydrogen) atoms. The molecular weight excluding hydrogens is 308 g/mol. The smallest absolute Gasteiger partial charge is 0.243 e. The van der Waals surface area contributed by atoms with E-state index in [4.69, 9.17) is 11.5 Å². The Morgan fingerprint density at radius 3 is 2.25 bits per heavy atom. The zero-order chi connectivity index (χ0) is 18.1. The molecule has 0 unspecified atom stereocenters. The third-order valence-corrected chi connectivity index (χ3v) is 3.41. The Hall–Kier alpha value is -2.41. The Labute approximate surface area is 142 Å². The number of primary amides is 1. The van der Waals surface area contributed by atoms with Crippen LogP contribution in [-0.2, 0) is 20.8 Å². The van der Waals surface area contributed by atoms with Crippen LogP contribution >= 0.6 is 0 Å². The van der Waals surface area contributed by atoms with Crippen molar-refractivity contribution in [2.24, 2.45) is 17.4 Å². The van der Waals surface area contributed by atoms with E-state index >= 15 is 0 Å². The second kappa shape index (κ2) is 9.67. The van der Waals surface area contributed by atoms with E-state index in [1.54, 1.807) is 0 Å². The van der Waals surface area contributed by atoms with Crippen LogP contribution in [0.2, 0.25) is 0 Å². The van der Waals surface area contributed by atoms with E-state index in [-0.39, 0.29) is 12.5 Å². The lowest BCUT2D eigenvalue weighted by atomic mass is 10.0. The maximum absolute atomic E-state index is 12.3. The lowest BCUT2D eigenvalue weighted by Gasteiger charge is -2.22. The third kappa shape index (κ3) is 7.23. The van der Waals surface area contributed by atoms with Gasteiger partial charge in [-0.25, -0.2) is 0 Å². The van der Waals surface area contributed by atoms with Gasteiger partial charge in [0.15, 0.2) is 0 Å². The monoisotopic (exact) mass is 334 g/mol. The van der Waals surface area contributed by atoms with Gasteiger partial charge in [-0.1, -0.05) is 44.2 Å². The Morgan fingerprint density at radius 1 is 1.08 bits per heavy atom. The van der Waals surface area contributed by atoms with Crippen LogP contribution in [0.4, 0.5) is 0 Å². The Morgan fingerprint density at radius 2 is 1.71 bits per heavy atom. The molecule has 3 amide bonds. The molecule has 0 saturated carbocycles. The minimum atomic E-state index is -0.758. The van der Waals surface area contributed by atoms with Crippen molar-refractivity contribution in [1.82, 2.24) is 10.6 Å². The molecule has 6 N–H and O–H groups in total. The molecule has 1 aromatic carbocycles. The van der Waals surface area contributed by atoms with Gasteiger partial charge in [0.25, 0.3) is 0 Å². The molecule has 0 bridgehead atoms. The molecule has 0 aliphatic heterocycles. The molecule has 7 heteroatoms. The van der Waals surface area contributed by atoms with E-state index in [2.05, 4.69) is 10.6 Å². The highest BCUT2D eigenvalue weighted by atomic mass is 16.2. The predicted octanol–water partition coefficient (Wildman–Crippen LogP) is -0.311. The van der Waals surface area contributed by atoms with Crippen molar-refractivity contribution < 1.29 is 14.4 Å². The number of rotatable bonds is 9. The first kappa shape index (κ1) is 19.6. The fraction of sp³-hybridized carbons (Fsp3) is 0.471. The first-order valence-electron chi connectivity index (χ1n) is 7.95. The minimum absolute atomic E-state index is 0.181. The predicted molar refractivity (Wildman–Crippen MR) is 91.7 cm³/mol. The molecule has 0 fully saturated rings. The quantitative estimate of drug-likeness (QED) is 0.494. The Bertz CT molecular complexity index is 560. The van der Waals surface area contributed by atoms with E-state index in [1.165, 1.54) is 0 Å². The van der Waals surface area contributed by atoms with Gasteiger partial charge in [-0.2, -0.15) is 0 Å². The van der Waals surface area contributed by atoms with Crippen LogP contribution in [0.25, 0.3) is 0 Å².